The van der Waals surface area contributed by atoms with Crippen LogP contribution in [0.5, 0.6) is 0 Å². The number of halogens is 1. The fourth-order valence-corrected chi connectivity index (χ4v) is 1.60. The molecular weight excluding hydrogens is 217 g/mol. The van der Waals surface area contributed by atoms with E-state index in [1.807, 2.05) is 0 Å². The normalized spacial score (nSPS) is 10.2. The van der Waals surface area contributed by atoms with Crippen LogP contribution in [0.1, 0.15) is 15.9 Å². The number of hydrogen-bond donors (Lipinski definition) is 1. The molecule has 0 aliphatic heterocycles. The molecule has 0 amide bonds. The Hall–Kier alpha value is -2.16. The topological polar surface area (TPSA) is 43.1 Å². The highest BCUT2D eigenvalue weighted by atomic mass is 19.1. The molecule has 0 fully saturated rings. The van der Waals surface area contributed by atoms with Gasteiger partial charge in [0.1, 0.15) is 5.82 Å². The number of hydrogen-bond acceptors (Lipinski definition) is 2. The maximum absolute atomic E-state index is 13.4. The van der Waals surface area contributed by atoms with Gasteiger partial charge in [-0.05, 0) is 29.8 Å². The van der Waals surface area contributed by atoms with Crippen molar-refractivity contribution in [3.05, 3.63) is 65.5 Å². The Balaban J connectivity index is 2.17. The third-order valence-electron chi connectivity index (χ3n) is 2.52. The second-order valence-corrected chi connectivity index (χ2v) is 3.82. The molecule has 0 heterocycles. The molecular formula is C14H12FNO. The minimum atomic E-state index is -0.479. The minimum Gasteiger partial charge on any atom is -0.399 e. The first-order chi connectivity index (χ1) is 8.16. The van der Waals surface area contributed by atoms with Crippen molar-refractivity contribution in [1.82, 2.24) is 0 Å². The van der Waals surface area contributed by atoms with E-state index in [0.29, 0.717) is 5.69 Å². The molecule has 0 unspecified atom stereocenters. The predicted molar refractivity (Wildman–Crippen MR) is 65.3 cm³/mol. The molecule has 86 valence electrons. The van der Waals surface area contributed by atoms with Crippen molar-refractivity contribution >= 4 is 11.5 Å². The summed E-state index contributed by atoms with van der Waals surface area (Å²) < 4.78 is 13.4. The van der Waals surface area contributed by atoms with Gasteiger partial charge in [-0.15, -0.1) is 0 Å². The Bertz CT molecular complexity index is 534. The lowest BCUT2D eigenvalue weighted by Crippen LogP contribution is -2.05. The molecule has 2 aromatic carbocycles. The van der Waals surface area contributed by atoms with E-state index in [-0.39, 0.29) is 17.8 Å². The molecule has 3 heteroatoms. The summed E-state index contributed by atoms with van der Waals surface area (Å²) in [6.07, 6.45) is 0.182. The van der Waals surface area contributed by atoms with Crippen LogP contribution in [0.15, 0.2) is 48.5 Å². The van der Waals surface area contributed by atoms with Crippen LogP contribution in [-0.2, 0) is 6.42 Å². The molecule has 0 saturated carbocycles. The summed E-state index contributed by atoms with van der Waals surface area (Å²) in [5.74, 6) is -0.708. The third kappa shape index (κ3) is 2.69. The van der Waals surface area contributed by atoms with Gasteiger partial charge in [-0.25, -0.2) is 4.39 Å². The number of carbonyl (C=O) groups is 1. The number of ketones is 1. The number of rotatable bonds is 3. The minimum absolute atomic E-state index is 0.129. The van der Waals surface area contributed by atoms with Gasteiger partial charge in [0.25, 0.3) is 0 Å². The highest BCUT2D eigenvalue weighted by Gasteiger charge is 2.11. The quantitative estimate of drug-likeness (QED) is 0.649. The zero-order valence-electron chi connectivity index (χ0n) is 9.19. The van der Waals surface area contributed by atoms with Crippen molar-refractivity contribution in [2.45, 2.75) is 6.42 Å². The second kappa shape index (κ2) is 4.78. The van der Waals surface area contributed by atoms with Crippen molar-refractivity contribution in [2.75, 3.05) is 5.73 Å². The fraction of sp³-hybridized carbons (Fsp3) is 0.0714. The van der Waals surface area contributed by atoms with E-state index in [1.54, 1.807) is 36.4 Å². The maximum atomic E-state index is 13.4. The van der Waals surface area contributed by atoms with Gasteiger partial charge in [0.15, 0.2) is 5.78 Å². The lowest BCUT2D eigenvalue weighted by Gasteiger charge is -2.03. The zero-order valence-corrected chi connectivity index (χ0v) is 9.19. The van der Waals surface area contributed by atoms with E-state index in [4.69, 9.17) is 5.73 Å². The fourth-order valence-electron chi connectivity index (χ4n) is 1.60. The van der Waals surface area contributed by atoms with E-state index in [0.717, 1.165) is 5.56 Å². The summed E-state index contributed by atoms with van der Waals surface area (Å²) in [6, 6.07) is 13.0. The Kier molecular flexibility index (Phi) is 3.19. The van der Waals surface area contributed by atoms with Crippen LogP contribution >= 0.6 is 0 Å². The van der Waals surface area contributed by atoms with Crippen LogP contribution in [0.4, 0.5) is 10.1 Å². The Morgan fingerprint density at radius 1 is 1.06 bits per heavy atom. The summed E-state index contributed by atoms with van der Waals surface area (Å²) in [5.41, 5.74) is 7.15. The largest absolute Gasteiger partial charge is 0.399 e. The molecule has 0 aliphatic rings. The van der Waals surface area contributed by atoms with E-state index in [9.17, 15) is 9.18 Å². The number of benzene rings is 2. The molecule has 2 aromatic rings. The number of nitrogens with two attached hydrogens (primary N) is 1. The summed E-state index contributed by atoms with van der Waals surface area (Å²) in [7, 11) is 0. The monoisotopic (exact) mass is 229 g/mol. The molecule has 2 N–H and O–H groups in total. The summed E-state index contributed by atoms with van der Waals surface area (Å²) in [5, 5.41) is 0. The van der Waals surface area contributed by atoms with E-state index in [1.165, 1.54) is 12.1 Å². The SMILES string of the molecule is Nc1ccc(CC(=O)c2ccccc2F)cc1. The van der Waals surface area contributed by atoms with Gasteiger partial charge in [0.2, 0.25) is 0 Å². The predicted octanol–water partition coefficient (Wildman–Crippen LogP) is 2.83. The lowest BCUT2D eigenvalue weighted by molar-refractivity contribution is 0.0989. The van der Waals surface area contributed by atoms with Crippen molar-refractivity contribution in [3.63, 3.8) is 0 Å². The van der Waals surface area contributed by atoms with Gasteiger partial charge < -0.3 is 5.73 Å². The highest BCUT2D eigenvalue weighted by Crippen LogP contribution is 2.12. The second-order valence-electron chi connectivity index (χ2n) is 3.82. The zero-order chi connectivity index (χ0) is 12.3. The molecule has 0 aromatic heterocycles. The number of Topliss-reactive ketones (excluding diaryl/α,β-unsaturated/α-hetero) is 1. The van der Waals surface area contributed by atoms with Crippen molar-refractivity contribution in [2.24, 2.45) is 0 Å². The first kappa shape index (κ1) is 11.3. The van der Waals surface area contributed by atoms with E-state index >= 15 is 0 Å². The van der Waals surface area contributed by atoms with Crippen molar-refractivity contribution in [1.29, 1.82) is 0 Å². The Morgan fingerprint density at radius 2 is 1.71 bits per heavy atom. The van der Waals surface area contributed by atoms with Crippen LogP contribution in [0, 0.1) is 5.82 Å². The van der Waals surface area contributed by atoms with Crippen molar-refractivity contribution in [3.8, 4) is 0 Å². The first-order valence-corrected chi connectivity index (χ1v) is 5.29. The molecule has 0 saturated heterocycles. The van der Waals surface area contributed by atoms with Gasteiger partial charge in [0, 0.05) is 12.1 Å². The van der Waals surface area contributed by atoms with Crippen molar-refractivity contribution < 1.29 is 9.18 Å². The average molecular weight is 229 g/mol. The summed E-state index contributed by atoms with van der Waals surface area (Å²) in [6.45, 7) is 0. The Morgan fingerprint density at radius 3 is 2.35 bits per heavy atom. The van der Waals surface area contributed by atoms with Gasteiger partial charge in [0.05, 0.1) is 5.56 Å². The lowest BCUT2D eigenvalue weighted by atomic mass is 10.0. The summed E-state index contributed by atoms with van der Waals surface area (Å²) in [4.78, 5) is 11.8. The van der Waals surface area contributed by atoms with Crippen LogP contribution in [0.3, 0.4) is 0 Å². The molecule has 2 nitrogen and oxygen atoms in total. The third-order valence-corrected chi connectivity index (χ3v) is 2.52. The molecule has 0 bridgehead atoms. The van der Waals surface area contributed by atoms with Crippen LogP contribution in [-0.4, -0.2) is 5.78 Å². The molecule has 17 heavy (non-hydrogen) atoms. The van der Waals surface area contributed by atoms with Crippen LogP contribution in [0.2, 0.25) is 0 Å². The maximum Gasteiger partial charge on any atom is 0.170 e. The number of nitrogen functional groups attached to an aromatic ring is 1. The standard InChI is InChI=1S/C14H12FNO/c15-13-4-2-1-3-12(13)14(17)9-10-5-7-11(16)8-6-10/h1-8H,9,16H2. The Labute approximate surface area is 98.9 Å². The van der Waals surface area contributed by atoms with Gasteiger partial charge in [-0.2, -0.15) is 0 Å². The number of anilines is 1. The number of carbonyl (C=O) groups excluding carboxylic acids is 1. The highest BCUT2D eigenvalue weighted by molar-refractivity contribution is 5.97. The van der Waals surface area contributed by atoms with Crippen LogP contribution < -0.4 is 5.73 Å². The van der Waals surface area contributed by atoms with Crippen LogP contribution in [0.25, 0.3) is 0 Å². The van der Waals surface area contributed by atoms with Gasteiger partial charge in [-0.1, -0.05) is 24.3 Å². The van der Waals surface area contributed by atoms with Gasteiger partial charge in [-0.3, -0.25) is 4.79 Å². The van der Waals surface area contributed by atoms with E-state index in [2.05, 4.69) is 0 Å². The smallest absolute Gasteiger partial charge is 0.170 e. The molecule has 2 rings (SSSR count). The summed E-state index contributed by atoms with van der Waals surface area (Å²) >= 11 is 0. The molecule has 0 spiro atoms. The van der Waals surface area contributed by atoms with E-state index < -0.39 is 5.82 Å². The first-order valence-electron chi connectivity index (χ1n) is 5.29. The molecule has 0 aliphatic carbocycles. The van der Waals surface area contributed by atoms with Gasteiger partial charge >= 0.3 is 0 Å². The average Bonchev–Trinajstić information content (AvgIpc) is 2.32. The molecule has 0 radical (unpaired) electrons. The molecule has 0 atom stereocenters.